The number of hydrogen-bond donors (Lipinski definition) is 2. The summed E-state index contributed by atoms with van der Waals surface area (Å²) in [5, 5.41) is 15.6. The van der Waals surface area contributed by atoms with E-state index in [1.165, 1.54) is 0 Å². The number of carbonyl (C=O) groups is 3. The molecule has 6 nitrogen and oxygen atoms in total. The summed E-state index contributed by atoms with van der Waals surface area (Å²) in [6.45, 7) is 3.71. The molecule has 0 aliphatic carbocycles. The first kappa shape index (κ1) is 23.1. The molecule has 0 spiro atoms. The summed E-state index contributed by atoms with van der Waals surface area (Å²) < 4.78 is 5.53. The molecule has 1 heterocycles. The molecule has 1 aliphatic rings. The van der Waals surface area contributed by atoms with E-state index < -0.39 is 29.5 Å². The molecule has 4 aromatic carbocycles. The van der Waals surface area contributed by atoms with Crippen molar-refractivity contribution in [2.45, 2.75) is 20.0 Å². The number of aliphatic hydroxyl groups is 1. The number of cyclic esters (lactones) is 1. The average Bonchev–Trinajstić information content (AvgIpc) is 3.22. The number of fused-ring (bicyclic) bond motifs is 2. The number of rotatable bonds is 5. The molecule has 36 heavy (non-hydrogen) atoms. The SMILES string of the molecule is Cc1ccc(C)c(NC(=O)/C(O)=C(/C(=O)c2ccc3ccccc3c2)[C@H]2OC(=O)c3ccccc32)c1. The largest absolute Gasteiger partial charge is 0.503 e. The second-order valence-corrected chi connectivity index (χ2v) is 8.80. The molecule has 1 aliphatic heterocycles. The van der Waals surface area contributed by atoms with Gasteiger partial charge in [-0.25, -0.2) is 4.79 Å². The Kier molecular flexibility index (Phi) is 5.86. The summed E-state index contributed by atoms with van der Waals surface area (Å²) in [6.07, 6.45) is -1.22. The molecule has 1 atom stereocenters. The summed E-state index contributed by atoms with van der Waals surface area (Å²) >= 11 is 0. The minimum atomic E-state index is -1.22. The number of benzene rings is 4. The van der Waals surface area contributed by atoms with Gasteiger partial charge in [0.15, 0.2) is 17.6 Å². The van der Waals surface area contributed by atoms with Crippen molar-refractivity contribution in [1.82, 2.24) is 0 Å². The fraction of sp³-hybridized carbons (Fsp3) is 0.100. The molecule has 0 saturated carbocycles. The van der Waals surface area contributed by atoms with Gasteiger partial charge in [-0.3, -0.25) is 9.59 Å². The number of Topliss-reactive ketones (excluding diaryl/α,β-unsaturated/α-hetero) is 1. The Balaban J connectivity index is 1.62. The van der Waals surface area contributed by atoms with Crippen LogP contribution in [0.1, 0.15) is 43.5 Å². The van der Waals surface area contributed by atoms with E-state index in [1.807, 2.05) is 50.2 Å². The van der Waals surface area contributed by atoms with E-state index in [9.17, 15) is 19.5 Å². The Labute approximate surface area is 207 Å². The van der Waals surface area contributed by atoms with Crippen LogP contribution in [-0.4, -0.2) is 22.8 Å². The molecule has 1 amide bonds. The van der Waals surface area contributed by atoms with E-state index in [2.05, 4.69) is 5.32 Å². The Hall–Kier alpha value is -4.71. The predicted molar refractivity (Wildman–Crippen MR) is 137 cm³/mol. The molecule has 4 aromatic rings. The lowest BCUT2D eigenvalue weighted by molar-refractivity contribution is -0.115. The highest BCUT2D eigenvalue weighted by Crippen LogP contribution is 2.38. The molecule has 0 aromatic heterocycles. The lowest BCUT2D eigenvalue weighted by atomic mass is 9.91. The zero-order valence-electron chi connectivity index (χ0n) is 19.7. The summed E-state index contributed by atoms with van der Waals surface area (Å²) in [4.78, 5) is 39.6. The molecule has 6 heteroatoms. The third kappa shape index (κ3) is 4.14. The van der Waals surface area contributed by atoms with Crippen molar-refractivity contribution in [2.24, 2.45) is 0 Å². The Morgan fingerprint density at radius 3 is 2.39 bits per heavy atom. The van der Waals surface area contributed by atoms with Gasteiger partial charge in [0.25, 0.3) is 5.91 Å². The number of amides is 1. The number of esters is 1. The Morgan fingerprint density at radius 1 is 0.861 bits per heavy atom. The molecule has 2 N–H and O–H groups in total. The lowest BCUT2D eigenvalue weighted by Crippen LogP contribution is -2.23. The monoisotopic (exact) mass is 477 g/mol. The van der Waals surface area contributed by atoms with Gasteiger partial charge in [0.2, 0.25) is 0 Å². The van der Waals surface area contributed by atoms with E-state index in [4.69, 9.17) is 4.74 Å². The molecule has 0 saturated heterocycles. The van der Waals surface area contributed by atoms with Crippen LogP contribution in [0.25, 0.3) is 10.8 Å². The molecule has 5 rings (SSSR count). The van der Waals surface area contributed by atoms with Crippen LogP contribution in [0.15, 0.2) is 96.3 Å². The highest BCUT2D eigenvalue weighted by Gasteiger charge is 2.39. The molecule has 0 unspecified atom stereocenters. The van der Waals surface area contributed by atoms with Gasteiger partial charge < -0.3 is 15.2 Å². The Bertz CT molecular complexity index is 1580. The standard InChI is InChI=1S/C30H23NO5/c1-17-11-12-18(2)24(15-17)31-29(34)27(33)25(28-22-9-5-6-10-23(22)30(35)36-28)26(32)21-14-13-19-7-3-4-8-20(19)16-21/h3-16,28,33H,1-2H3,(H,31,34)/b27-25+/t28-/m0/s1. The van der Waals surface area contributed by atoms with Crippen LogP contribution in [0.4, 0.5) is 5.69 Å². The summed E-state index contributed by atoms with van der Waals surface area (Å²) in [5.74, 6) is -2.90. The maximum atomic E-state index is 13.8. The van der Waals surface area contributed by atoms with E-state index in [-0.39, 0.29) is 16.7 Å². The fourth-order valence-corrected chi connectivity index (χ4v) is 4.37. The predicted octanol–water partition coefficient (Wildman–Crippen LogP) is 6.00. The number of carbonyl (C=O) groups excluding carboxylic acids is 3. The first-order valence-corrected chi connectivity index (χ1v) is 11.5. The molecular formula is C30H23NO5. The zero-order valence-corrected chi connectivity index (χ0v) is 19.7. The maximum Gasteiger partial charge on any atom is 0.339 e. The number of aryl methyl sites for hydroxylation is 2. The molecule has 0 fully saturated rings. The van der Waals surface area contributed by atoms with Crippen LogP contribution >= 0.6 is 0 Å². The second kappa shape index (κ2) is 9.15. The van der Waals surface area contributed by atoms with Crippen molar-refractivity contribution in [3.8, 4) is 0 Å². The fourth-order valence-electron chi connectivity index (χ4n) is 4.37. The van der Waals surface area contributed by atoms with Gasteiger partial charge in [-0.2, -0.15) is 0 Å². The van der Waals surface area contributed by atoms with Crippen LogP contribution in [0.3, 0.4) is 0 Å². The van der Waals surface area contributed by atoms with Gasteiger partial charge in [0.1, 0.15) is 0 Å². The molecule has 0 bridgehead atoms. The van der Waals surface area contributed by atoms with Crippen LogP contribution in [0.5, 0.6) is 0 Å². The van der Waals surface area contributed by atoms with E-state index in [0.717, 1.165) is 21.9 Å². The molecule has 0 radical (unpaired) electrons. The topological polar surface area (TPSA) is 92.7 Å². The van der Waals surface area contributed by atoms with E-state index >= 15 is 0 Å². The van der Waals surface area contributed by atoms with Crippen molar-refractivity contribution in [1.29, 1.82) is 0 Å². The third-order valence-electron chi connectivity index (χ3n) is 6.32. The van der Waals surface area contributed by atoms with Gasteiger partial charge in [-0.15, -0.1) is 0 Å². The van der Waals surface area contributed by atoms with Crippen molar-refractivity contribution in [3.63, 3.8) is 0 Å². The van der Waals surface area contributed by atoms with Crippen molar-refractivity contribution in [2.75, 3.05) is 5.32 Å². The molecular weight excluding hydrogens is 454 g/mol. The molecule has 178 valence electrons. The van der Waals surface area contributed by atoms with E-state index in [0.29, 0.717) is 11.3 Å². The minimum absolute atomic E-state index is 0.259. The van der Waals surface area contributed by atoms with Gasteiger partial charge >= 0.3 is 5.97 Å². The highest BCUT2D eigenvalue weighted by molar-refractivity contribution is 6.17. The van der Waals surface area contributed by atoms with Crippen molar-refractivity contribution < 1.29 is 24.2 Å². The normalized spacial score (nSPS) is 15.2. The maximum absolute atomic E-state index is 13.8. The Morgan fingerprint density at radius 2 is 1.58 bits per heavy atom. The third-order valence-corrected chi connectivity index (χ3v) is 6.32. The van der Waals surface area contributed by atoms with Crippen LogP contribution in [0.2, 0.25) is 0 Å². The average molecular weight is 478 g/mol. The first-order chi connectivity index (χ1) is 17.3. The highest BCUT2D eigenvalue weighted by atomic mass is 16.5. The number of ether oxygens (including phenoxy) is 1. The minimum Gasteiger partial charge on any atom is -0.503 e. The number of hydrogen-bond acceptors (Lipinski definition) is 5. The van der Waals surface area contributed by atoms with E-state index in [1.54, 1.807) is 48.5 Å². The van der Waals surface area contributed by atoms with Crippen LogP contribution < -0.4 is 5.32 Å². The zero-order chi connectivity index (χ0) is 25.4. The summed E-state index contributed by atoms with van der Waals surface area (Å²) in [7, 11) is 0. The number of ketones is 1. The van der Waals surface area contributed by atoms with Gasteiger partial charge in [0, 0.05) is 16.8 Å². The summed E-state index contributed by atoms with van der Waals surface area (Å²) in [6, 6.07) is 24.8. The number of anilines is 1. The van der Waals surface area contributed by atoms with Gasteiger partial charge in [0.05, 0.1) is 11.1 Å². The van der Waals surface area contributed by atoms with Crippen molar-refractivity contribution in [3.05, 3.63) is 124 Å². The van der Waals surface area contributed by atoms with Crippen LogP contribution in [-0.2, 0) is 9.53 Å². The van der Waals surface area contributed by atoms with Crippen LogP contribution in [0, 0.1) is 13.8 Å². The smallest absolute Gasteiger partial charge is 0.339 e. The first-order valence-electron chi connectivity index (χ1n) is 11.5. The number of aliphatic hydroxyl groups excluding tert-OH is 1. The summed E-state index contributed by atoms with van der Waals surface area (Å²) in [5.41, 5.74) is 2.88. The second-order valence-electron chi connectivity index (χ2n) is 8.80. The van der Waals surface area contributed by atoms with Gasteiger partial charge in [-0.1, -0.05) is 66.7 Å². The number of nitrogens with one attached hydrogen (secondary N) is 1. The van der Waals surface area contributed by atoms with Gasteiger partial charge in [-0.05, 0) is 53.9 Å². The van der Waals surface area contributed by atoms with Crippen molar-refractivity contribution >= 4 is 34.1 Å². The quantitative estimate of drug-likeness (QED) is 0.159. The lowest BCUT2D eigenvalue weighted by Gasteiger charge is -2.17.